The Kier molecular flexibility index (Phi) is 3.56. The minimum atomic E-state index is -1.22. The van der Waals surface area contributed by atoms with Crippen LogP contribution in [0, 0.1) is 5.82 Å². The number of aldehydes is 1. The number of benzene rings is 1. The van der Waals surface area contributed by atoms with E-state index in [1.165, 1.54) is 12.1 Å². The normalized spacial score (nSPS) is 10.2. The van der Waals surface area contributed by atoms with Gasteiger partial charge in [-0.25, -0.2) is 9.18 Å². The third-order valence-electron chi connectivity index (χ3n) is 2.19. The molecule has 7 heteroatoms. The summed E-state index contributed by atoms with van der Waals surface area (Å²) in [4.78, 5) is 21.1. The average Bonchev–Trinajstić information content (AvgIpc) is 2.84. The largest absolute Gasteiger partial charge is 0.485 e. The van der Waals surface area contributed by atoms with Crippen molar-refractivity contribution in [2.75, 3.05) is 0 Å². The van der Waals surface area contributed by atoms with Crippen LogP contribution in [0.15, 0.2) is 28.8 Å². The quantitative estimate of drug-likeness (QED) is 0.830. The summed E-state index contributed by atoms with van der Waals surface area (Å²) in [6.45, 7) is -0.123. The second kappa shape index (κ2) is 5.30. The number of hydrogen-bond donors (Lipinski definition) is 1. The highest BCUT2D eigenvalue weighted by molar-refractivity contribution is 5.85. The smallest absolute Gasteiger partial charge is 0.358 e. The molecule has 19 heavy (non-hydrogen) atoms. The maximum atomic E-state index is 13.1. The van der Waals surface area contributed by atoms with Gasteiger partial charge in [-0.3, -0.25) is 4.79 Å². The lowest BCUT2D eigenvalue weighted by molar-refractivity contribution is 0.0685. The van der Waals surface area contributed by atoms with Crippen molar-refractivity contribution in [1.82, 2.24) is 5.16 Å². The highest BCUT2D eigenvalue weighted by Crippen LogP contribution is 2.17. The monoisotopic (exact) mass is 265 g/mol. The summed E-state index contributed by atoms with van der Waals surface area (Å²) in [5.74, 6) is -1.52. The SMILES string of the molecule is O=Cc1cc(F)cc(OCc2cc(C(=O)O)no2)c1. The molecule has 0 aliphatic heterocycles. The van der Waals surface area contributed by atoms with Gasteiger partial charge < -0.3 is 14.4 Å². The Bertz CT molecular complexity index is 622. The molecule has 0 bridgehead atoms. The fourth-order valence-corrected chi connectivity index (χ4v) is 1.37. The van der Waals surface area contributed by atoms with Crippen LogP contribution < -0.4 is 4.74 Å². The summed E-state index contributed by atoms with van der Waals surface area (Å²) in [6, 6.07) is 4.71. The first-order valence-corrected chi connectivity index (χ1v) is 5.16. The zero-order chi connectivity index (χ0) is 13.8. The molecular formula is C12H8FNO5. The molecule has 2 rings (SSSR count). The summed E-state index contributed by atoms with van der Waals surface area (Å²) in [5.41, 5.74) is -0.106. The molecule has 0 radical (unpaired) electrons. The first kappa shape index (κ1) is 12.7. The molecule has 0 unspecified atom stereocenters. The van der Waals surface area contributed by atoms with Gasteiger partial charge in [-0.15, -0.1) is 0 Å². The topological polar surface area (TPSA) is 89.6 Å². The van der Waals surface area contributed by atoms with Gasteiger partial charge in [0.2, 0.25) is 0 Å². The van der Waals surface area contributed by atoms with Crippen molar-refractivity contribution in [1.29, 1.82) is 0 Å². The minimum absolute atomic E-state index is 0.123. The van der Waals surface area contributed by atoms with Crippen LogP contribution in [0.2, 0.25) is 0 Å². The third kappa shape index (κ3) is 3.15. The molecule has 1 aromatic carbocycles. The fourth-order valence-electron chi connectivity index (χ4n) is 1.37. The molecule has 0 aliphatic carbocycles. The van der Waals surface area contributed by atoms with E-state index in [4.69, 9.17) is 14.4 Å². The summed E-state index contributed by atoms with van der Waals surface area (Å²) in [5, 5.41) is 11.9. The van der Waals surface area contributed by atoms with Gasteiger partial charge in [0.25, 0.3) is 0 Å². The van der Waals surface area contributed by atoms with Gasteiger partial charge in [-0.05, 0) is 12.1 Å². The zero-order valence-electron chi connectivity index (χ0n) is 9.50. The Morgan fingerprint density at radius 3 is 2.84 bits per heavy atom. The first-order chi connectivity index (χ1) is 9.08. The molecule has 0 saturated heterocycles. The van der Waals surface area contributed by atoms with Gasteiger partial charge in [-0.2, -0.15) is 0 Å². The molecule has 0 fully saturated rings. The lowest BCUT2D eigenvalue weighted by atomic mass is 10.2. The number of nitrogens with zero attached hydrogens (tertiary/aromatic N) is 1. The zero-order valence-corrected chi connectivity index (χ0v) is 9.50. The van der Waals surface area contributed by atoms with E-state index in [9.17, 15) is 14.0 Å². The number of aromatic carboxylic acids is 1. The van der Waals surface area contributed by atoms with Crippen LogP contribution in [-0.2, 0) is 6.61 Å². The maximum Gasteiger partial charge on any atom is 0.358 e. The van der Waals surface area contributed by atoms with Crippen LogP contribution >= 0.6 is 0 Å². The van der Waals surface area contributed by atoms with Crippen molar-refractivity contribution in [2.45, 2.75) is 6.61 Å². The Hall–Kier alpha value is -2.70. The van der Waals surface area contributed by atoms with E-state index >= 15 is 0 Å². The Balaban J connectivity index is 2.07. The van der Waals surface area contributed by atoms with E-state index in [0.717, 1.165) is 12.1 Å². The van der Waals surface area contributed by atoms with Crippen LogP contribution in [-0.4, -0.2) is 22.5 Å². The van der Waals surface area contributed by atoms with E-state index in [2.05, 4.69) is 5.16 Å². The lowest BCUT2D eigenvalue weighted by Gasteiger charge is -2.04. The van der Waals surface area contributed by atoms with Gasteiger partial charge in [0.15, 0.2) is 11.5 Å². The number of hydrogen-bond acceptors (Lipinski definition) is 5. The molecule has 98 valence electrons. The molecule has 1 N–H and O–H groups in total. The molecule has 0 aliphatic rings. The van der Waals surface area contributed by atoms with Crippen molar-refractivity contribution >= 4 is 12.3 Å². The Morgan fingerprint density at radius 1 is 1.42 bits per heavy atom. The molecule has 6 nitrogen and oxygen atoms in total. The van der Waals surface area contributed by atoms with Gasteiger partial charge in [0.1, 0.15) is 24.5 Å². The van der Waals surface area contributed by atoms with Gasteiger partial charge in [0.05, 0.1) is 0 Å². The van der Waals surface area contributed by atoms with E-state index in [1.807, 2.05) is 0 Å². The summed E-state index contributed by atoms with van der Waals surface area (Å²) in [7, 11) is 0. The number of carbonyl (C=O) groups excluding carboxylic acids is 1. The summed E-state index contributed by atoms with van der Waals surface area (Å²) < 4.78 is 23.0. The number of carboxylic acid groups (broad SMARTS) is 1. The van der Waals surface area contributed by atoms with Crippen LogP contribution in [0.25, 0.3) is 0 Å². The van der Waals surface area contributed by atoms with Gasteiger partial charge >= 0.3 is 5.97 Å². The lowest BCUT2D eigenvalue weighted by Crippen LogP contribution is -1.97. The van der Waals surface area contributed by atoms with Crippen molar-refractivity contribution in [3.8, 4) is 5.75 Å². The molecule has 0 atom stereocenters. The Labute approximate surface area is 106 Å². The first-order valence-electron chi connectivity index (χ1n) is 5.16. The maximum absolute atomic E-state index is 13.1. The minimum Gasteiger partial charge on any atom is -0.485 e. The van der Waals surface area contributed by atoms with Crippen LogP contribution in [0.1, 0.15) is 26.6 Å². The van der Waals surface area contributed by atoms with Crippen LogP contribution in [0.4, 0.5) is 4.39 Å². The number of rotatable bonds is 5. The van der Waals surface area contributed by atoms with E-state index in [-0.39, 0.29) is 29.4 Å². The van der Waals surface area contributed by atoms with Gasteiger partial charge in [0, 0.05) is 17.7 Å². The number of carboxylic acids is 1. The summed E-state index contributed by atoms with van der Waals surface area (Å²) in [6.07, 6.45) is 0.493. The second-order valence-electron chi connectivity index (χ2n) is 3.61. The highest BCUT2D eigenvalue weighted by atomic mass is 19.1. The van der Waals surface area contributed by atoms with Crippen molar-refractivity contribution < 1.29 is 28.3 Å². The standard InChI is InChI=1S/C12H8FNO5/c13-8-1-7(5-15)2-9(3-8)18-6-10-4-11(12(16)17)14-19-10/h1-5H,6H2,(H,16,17). The van der Waals surface area contributed by atoms with Crippen LogP contribution in [0.5, 0.6) is 5.75 Å². The van der Waals surface area contributed by atoms with E-state index in [0.29, 0.717) is 6.29 Å². The molecule has 1 heterocycles. The molecule has 1 aromatic heterocycles. The number of halogens is 1. The molecule has 0 amide bonds. The molecule has 0 saturated carbocycles. The number of aromatic nitrogens is 1. The highest BCUT2D eigenvalue weighted by Gasteiger charge is 2.11. The van der Waals surface area contributed by atoms with E-state index in [1.54, 1.807) is 0 Å². The summed E-state index contributed by atoms with van der Waals surface area (Å²) >= 11 is 0. The van der Waals surface area contributed by atoms with Gasteiger partial charge in [-0.1, -0.05) is 5.16 Å². The van der Waals surface area contributed by atoms with Crippen molar-refractivity contribution in [3.05, 3.63) is 47.1 Å². The van der Waals surface area contributed by atoms with Crippen molar-refractivity contribution in [2.24, 2.45) is 0 Å². The average molecular weight is 265 g/mol. The predicted octanol–water partition coefficient (Wildman–Crippen LogP) is 1.90. The second-order valence-corrected chi connectivity index (χ2v) is 3.61. The predicted molar refractivity (Wildman–Crippen MR) is 59.6 cm³/mol. The van der Waals surface area contributed by atoms with E-state index < -0.39 is 11.8 Å². The third-order valence-corrected chi connectivity index (χ3v) is 2.19. The van der Waals surface area contributed by atoms with Crippen molar-refractivity contribution in [3.63, 3.8) is 0 Å². The molecular weight excluding hydrogens is 257 g/mol. The molecule has 0 spiro atoms. The van der Waals surface area contributed by atoms with Crippen LogP contribution in [0.3, 0.4) is 0 Å². The number of carbonyl (C=O) groups is 2. The Morgan fingerprint density at radius 2 is 2.21 bits per heavy atom. The molecule has 2 aromatic rings. The number of ether oxygens (including phenoxy) is 1. The fraction of sp³-hybridized carbons (Fsp3) is 0.0833.